The van der Waals surface area contributed by atoms with Crippen LogP contribution in [0, 0.1) is 5.92 Å². The molecule has 2 unspecified atom stereocenters. The fourth-order valence-corrected chi connectivity index (χ4v) is 3.82. The highest BCUT2D eigenvalue weighted by Crippen LogP contribution is 2.37. The van der Waals surface area contributed by atoms with Crippen molar-refractivity contribution in [2.45, 2.75) is 32.4 Å². The Balaban J connectivity index is 2.79. The summed E-state index contributed by atoms with van der Waals surface area (Å²) < 4.78 is 0. The highest BCUT2D eigenvalue weighted by molar-refractivity contribution is 7.99. The third kappa shape index (κ3) is 1.88. The van der Waals surface area contributed by atoms with Crippen molar-refractivity contribution in [2.24, 2.45) is 11.7 Å². The Morgan fingerprint density at radius 1 is 1.62 bits per heavy atom. The summed E-state index contributed by atoms with van der Waals surface area (Å²) in [6.07, 6.45) is 0. The van der Waals surface area contributed by atoms with Gasteiger partial charge in [-0.15, -0.1) is 0 Å². The summed E-state index contributed by atoms with van der Waals surface area (Å²) in [6, 6.07) is 0.588. The molecule has 2 N–H and O–H groups in total. The Morgan fingerprint density at radius 2 is 2.23 bits per heavy atom. The molecule has 1 rings (SSSR count). The lowest BCUT2D eigenvalue weighted by Gasteiger charge is -2.43. The topological polar surface area (TPSA) is 29.3 Å². The van der Waals surface area contributed by atoms with E-state index in [1.54, 1.807) is 0 Å². The van der Waals surface area contributed by atoms with Gasteiger partial charge in [0, 0.05) is 23.9 Å². The van der Waals surface area contributed by atoms with Crippen LogP contribution in [0.5, 0.6) is 0 Å². The molecule has 3 heteroatoms. The van der Waals surface area contributed by atoms with E-state index in [0.29, 0.717) is 6.04 Å². The van der Waals surface area contributed by atoms with Crippen molar-refractivity contribution in [1.82, 2.24) is 4.90 Å². The summed E-state index contributed by atoms with van der Waals surface area (Å²) in [7, 11) is 2.21. The van der Waals surface area contributed by atoms with Crippen molar-refractivity contribution in [3.8, 4) is 0 Å². The molecule has 1 fully saturated rings. The standard InChI is InChI=1S/C10H22N2S/c1-8(2)12(4)10(6-11)7-13-5-9(10)3/h8-9H,5-7,11H2,1-4H3. The minimum absolute atomic E-state index is 0.249. The van der Waals surface area contributed by atoms with Gasteiger partial charge in [0.05, 0.1) is 0 Å². The van der Waals surface area contributed by atoms with Crippen molar-refractivity contribution in [2.75, 3.05) is 25.1 Å². The molecule has 13 heavy (non-hydrogen) atoms. The van der Waals surface area contributed by atoms with Crippen LogP contribution in [0.3, 0.4) is 0 Å². The number of rotatable bonds is 3. The summed E-state index contributed by atoms with van der Waals surface area (Å²) in [5.74, 6) is 3.17. The average molecular weight is 202 g/mol. The lowest BCUT2D eigenvalue weighted by atomic mass is 9.86. The molecule has 2 atom stereocenters. The van der Waals surface area contributed by atoms with Crippen LogP contribution in [0.2, 0.25) is 0 Å². The molecule has 0 aromatic carbocycles. The third-order valence-electron chi connectivity index (χ3n) is 3.47. The van der Waals surface area contributed by atoms with Crippen LogP contribution in [-0.4, -0.2) is 41.6 Å². The molecule has 1 heterocycles. The zero-order valence-electron chi connectivity index (χ0n) is 9.21. The zero-order chi connectivity index (χ0) is 10.1. The van der Waals surface area contributed by atoms with E-state index in [1.807, 2.05) is 11.8 Å². The first-order chi connectivity index (χ1) is 6.04. The van der Waals surface area contributed by atoms with Gasteiger partial charge in [0.2, 0.25) is 0 Å². The minimum atomic E-state index is 0.249. The SMILES string of the molecule is CC(C)N(C)C1(CN)CSCC1C. The highest BCUT2D eigenvalue weighted by Gasteiger charge is 2.43. The Hall–Kier alpha value is 0.270. The van der Waals surface area contributed by atoms with Gasteiger partial charge in [-0.05, 0) is 32.6 Å². The van der Waals surface area contributed by atoms with Gasteiger partial charge in [-0.3, -0.25) is 4.90 Å². The fraction of sp³-hybridized carbons (Fsp3) is 1.00. The van der Waals surface area contributed by atoms with Gasteiger partial charge in [-0.2, -0.15) is 11.8 Å². The molecule has 0 aliphatic carbocycles. The predicted octanol–water partition coefficient (Wildman–Crippen LogP) is 1.41. The molecular weight excluding hydrogens is 180 g/mol. The van der Waals surface area contributed by atoms with E-state index in [2.05, 4.69) is 32.7 Å². The van der Waals surface area contributed by atoms with E-state index in [-0.39, 0.29) is 5.54 Å². The first kappa shape index (κ1) is 11.3. The Kier molecular flexibility index (Phi) is 3.66. The van der Waals surface area contributed by atoms with Crippen molar-refractivity contribution in [3.05, 3.63) is 0 Å². The molecule has 0 spiro atoms. The van der Waals surface area contributed by atoms with Crippen molar-refractivity contribution < 1.29 is 0 Å². The van der Waals surface area contributed by atoms with Crippen molar-refractivity contribution >= 4 is 11.8 Å². The molecule has 1 aliphatic heterocycles. The molecule has 1 saturated heterocycles. The van der Waals surface area contributed by atoms with Crippen LogP contribution in [0.15, 0.2) is 0 Å². The van der Waals surface area contributed by atoms with Crippen LogP contribution >= 0.6 is 11.8 Å². The van der Waals surface area contributed by atoms with E-state index in [9.17, 15) is 0 Å². The van der Waals surface area contributed by atoms with E-state index in [4.69, 9.17) is 5.73 Å². The number of likely N-dealkylation sites (N-methyl/N-ethyl adjacent to an activating group) is 1. The fourth-order valence-electron chi connectivity index (χ4n) is 2.08. The third-order valence-corrected chi connectivity index (χ3v) is 4.91. The lowest BCUT2D eigenvalue weighted by Crippen LogP contribution is -2.58. The normalized spacial score (nSPS) is 34.8. The molecule has 1 aliphatic rings. The van der Waals surface area contributed by atoms with E-state index in [1.165, 1.54) is 11.5 Å². The van der Waals surface area contributed by atoms with E-state index < -0.39 is 0 Å². The maximum absolute atomic E-state index is 5.94. The van der Waals surface area contributed by atoms with Crippen LogP contribution in [0.1, 0.15) is 20.8 Å². The molecule has 78 valence electrons. The zero-order valence-corrected chi connectivity index (χ0v) is 10.0. The molecular formula is C10H22N2S. The van der Waals surface area contributed by atoms with Crippen molar-refractivity contribution in [1.29, 1.82) is 0 Å². The second-order valence-corrected chi connectivity index (χ2v) is 5.46. The molecule has 0 saturated carbocycles. The van der Waals surface area contributed by atoms with E-state index >= 15 is 0 Å². The van der Waals surface area contributed by atoms with Gasteiger partial charge in [-0.1, -0.05) is 6.92 Å². The van der Waals surface area contributed by atoms with Crippen LogP contribution in [0.25, 0.3) is 0 Å². The first-order valence-electron chi connectivity index (χ1n) is 5.05. The first-order valence-corrected chi connectivity index (χ1v) is 6.21. The molecule has 0 amide bonds. The molecule has 0 aromatic heterocycles. The molecule has 0 radical (unpaired) electrons. The smallest absolute Gasteiger partial charge is 0.0454 e. The quantitative estimate of drug-likeness (QED) is 0.750. The van der Waals surface area contributed by atoms with Gasteiger partial charge in [0.15, 0.2) is 0 Å². The number of thioether (sulfide) groups is 1. The largest absolute Gasteiger partial charge is 0.329 e. The highest BCUT2D eigenvalue weighted by atomic mass is 32.2. The second-order valence-electron chi connectivity index (χ2n) is 4.43. The Morgan fingerprint density at radius 3 is 2.54 bits per heavy atom. The molecule has 2 nitrogen and oxygen atoms in total. The van der Waals surface area contributed by atoms with Crippen LogP contribution < -0.4 is 5.73 Å². The van der Waals surface area contributed by atoms with Gasteiger partial charge in [-0.25, -0.2) is 0 Å². The maximum Gasteiger partial charge on any atom is 0.0454 e. The van der Waals surface area contributed by atoms with Crippen molar-refractivity contribution in [3.63, 3.8) is 0 Å². The lowest BCUT2D eigenvalue weighted by molar-refractivity contribution is 0.0788. The number of nitrogens with zero attached hydrogens (tertiary/aromatic N) is 1. The average Bonchev–Trinajstić information content (AvgIpc) is 2.46. The van der Waals surface area contributed by atoms with Gasteiger partial charge in [0.25, 0.3) is 0 Å². The number of hydrogen-bond donors (Lipinski definition) is 1. The summed E-state index contributed by atoms with van der Waals surface area (Å²) in [6.45, 7) is 7.60. The number of hydrogen-bond acceptors (Lipinski definition) is 3. The summed E-state index contributed by atoms with van der Waals surface area (Å²) in [4.78, 5) is 2.46. The van der Waals surface area contributed by atoms with Crippen LogP contribution in [0.4, 0.5) is 0 Å². The maximum atomic E-state index is 5.94. The second kappa shape index (κ2) is 4.20. The van der Waals surface area contributed by atoms with Gasteiger partial charge in [0.1, 0.15) is 0 Å². The predicted molar refractivity (Wildman–Crippen MR) is 61.2 cm³/mol. The summed E-state index contributed by atoms with van der Waals surface area (Å²) in [5, 5.41) is 0. The van der Waals surface area contributed by atoms with Crippen LogP contribution in [-0.2, 0) is 0 Å². The van der Waals surface area contributed by atoms with Gasteiger partial charge < -0.3 is 5.73 Å². The molecule has 0 bridgehead atoms. The Bertz CT molecular complexity index is 172. The number of nitrogens with two attached hydrogens (primary N) is 1. The summed E-state index contributed by atoms with van der Waals surface area (Å²) in [5.41, 5.74) is 6.19. The summed E-state index contributed by atoms with van der Waals surface area (Å²) >= 11 is 2.04. The monoisotopic (exact) mass is 202 g/mol. The Labute approximate surface area is 86.2 Å². The minimum Gasteiger partial charge on any atom is -0.329 e. The van der Waals surface area contributed by atoms with Gasteiger partial charge >= 0.3 is 0 Å². The molecule has 0 aromatic rings. The van der Waals surface area contributed by atoms with E-state index in [0.717, 1.165) is 12.5 Å².